The number of benzene rings is 1. The van der Waals surface area contributed by atoms with Gasteiger partial charge in [0.2, 0.25) is 5.78 Å². The van der Waals surface area contributed by atoms with Crippen molar-refractivity contribution in [3.05, 3.63) is 52.2 Å². The third-order valence-corrected chi connectivity index (χ3v) is 6.35. The number of nitrogens with zero attached hydrogens (tertiary/aromatic N) is 2. The molecule has 0 unspecified atom stereocenters. The molecule has 0 amide bonds. The van der Waals surface area contributed by atoms with Gasteiger partial charge in [0, 0.05) is 15.8 Å². The molecule has 5 nitrogen and oxygen atoms in total. The summed E-state index contributed by atoms with van der Waals surface area (Å²) in [6.07, 6.45) is 0.686. The Labute approximate surface area is 166 Å². The van der Waals surface area contributed by atoms with E-state index in [1.807, 2.05) is 32.9 Å². The highest BCUT2D eigenvalue weighted by atomic mass is 32.2. The van der Waals surface area contributed by atoms with Crippen LogP contribution in [-0.2, 0) is 9.53 Å². The highest BCUT2D eigenvalue weighted by Crippen LogP contribution is 2.34. The summed E-state index contributed by atoms with van der Waals surface area (Å²) in [5, 5.41) is 1.75. The molecule has 0 aliphatic rings. The molecule has 0 fully saturated rings. The van der Waals surface area contributed by atoms with Gasteiger partial charge >= 0.3 is 5.97 Å². The van der Waals surface area contributed by atoms with E-state index in [-0.39, 0.29) is 11.5 Å². The van der Waals surface area contributed by atoms with E-state index in [1.54, 1.807) is 30.4 Å². The molecule has 3 aromatic rings. The van der Waals surface area contributed by atoms with Crippen molar-refractivity contribution in [1.29, 1.82) is 0 Å². The molecule has 0 spiro atoms. The van der Waals surface area contributed by atoms with Crippen LogP contribution in [0.5, 0.6) is 0 Å². The van der Waals surface area contributed by atoms with Crippen molar-refractivity contribution in [2.45, 2.75) is 38.8 Å². The van der Waals surface area contributed by atoms with Gasteiger partial charge in [-0.15, -0.1) is 11.3 Å². The SMILES string of the molecule is Cc1ccc(C(=O)[C@H](C)OC(=O)CSc2ncnc3sc(C)c(C)c23)cc1. The van der Waals surface area contributed by atoms with Crippen LogP contribution >= 0.6 is 23.1 Å². The van der Waals surface area contributed by atoms with Crippen LogP contribution in [0.2, 0.25) is 0 Å². The number of hydrogen-bond donors (Lipinski definition) is 0. The standard InChI is InChI=1S/C20H20N2O3S2/c1-11-5-7-15(8-6-11)18(24)13(3)25-16(23)9-26-19-17-12(2)14(4)27-20(17)22-10-21-19/h5-8,10,13H,9H2,1-4H3/t13-/m0/s1. The van der Waals surface area contributed by atoms with Gasteiger partial charge in [0.1, 0.15) is 16.2 Å². The molecule has 0 aliphatic carbocycles. The zero-order valence-electron chi connectivity index (χ0n) is 15.6. The first-order chi connectivity index (χ1) is 12.9. The zero-order valence-corrected chi connectivity index (χ0v) is 17.2. The first-order valence-corrected chi connectivity index (χ1v) is 10.3. The number of aromatic nitrogens is 2. The van der Waals surface area contributed by atoms with Gasteiger partial charge in [-0.1, -0.05) is 41.6 Å². The number of carbonyl (C=O) groups excluding carboxylic acids is 2. The topological polar surface area (TPSA) is 69.2 Å². The van der Waals surface area contributed by atoms with Crippen LogP contribution in [0, 0.1) is 20.8 Å². The lowest BCUT2D eigenvalue weighted by Crippen LogP contribution is -2.25. The van der Waals surface area contributed by atoms with Crippen LogP contribution in [-0.4, -0.2) is 33.6 Å². The number of ether oxygens (including phenoxy) is 1. The van der Waals surface area contributed by atoms with Gasteiger partial charge in [-0.05, 0) is 33.3 Å². The van der Waals surface area contributed by atoms with Crippen LogP contribution in [0.4, 0.5) is 0 Å². The molecule has 0 saturated heterocycles. The Bertz CT molecular complexity index is 996. The number of thiophene rings is 1. The van der Waals surface area contributed by atoms with E-state index in [1.165, 1.54) is 23.0 Å². The predicted molar refractivity (Wildman–Crippen MR) is 109 cm³/mol. The number of carbonyl (C=O) groups is 2. The summed E-state index contributed by atoms with van der Waals surface area (Å²) >= 11 is 2.92. The zero-order chi connectivity index (χ0) is 19.6. The second-order valence-corrected chi connectivity index (χ2v) is 8.46. The van der Waals surface area contributed by atoms with Crippen molar-refractivity contribution in [2.75, 3.05) is 5.75 Å². The molecular weight excluding hydrogens is 380 g/mol. The summed E-state index contributed by atoms with van der Waals surface area (Å²) < 4.78 is 5.32. The van der Waals surface area contributed by atoms with Gasteiger partial charge in [-0.3, -0.25) is 9.59 Å². The lowest BCUT2D eigenvalue weighted by Gasteiger charge is -2.12. The summed E-state index contributed by atoms with van der Waals surface area (Å²) in [5.41, 5.74) is 2.74. The van der Waals surface area contributed by atoms with Gasteiger partial charge < -0.3 is 4.74 Å². The van der Waals surface area contributed by atoms with Crippen molar-refractivity contribution in [2.24, 2.45) is 0 Å². The van der Waals surface area contributed by atoms with Gasteiger partial charge in [-0.25, -0.2) is 9.97 Å². The summed E-state index contributed by atoms with van der Waals surface area (Å²) in [4.78, 5) is 35.3. The Morgan fingerprint density at radius 1 is 1.15 bits per heavy atom. The number of Topliss-reactive ketones (excluding diaryl/α,β-unsaturated/α-hetero) is 1. The Morgan fingerprint density at radius 2 is 1.85 bits per heavy atom. The van der Waals surface area contributed by atoms with E-state index in [0.29, 0.717) is 5.56 Å². The second-order valence-electron chi connectivity index (χ2n) is 6.29. The molecule has 1 atom stereocenters. The molecule has 0 N–H and O–H groups in total. The molecule has 3 rings (SSSR count). The highest BCUT2D eigenvalue weighted by molar-refractivity contribution is 8.00. The Kier molecular flexibility index (Phi) is 5.92. The van der Waals surface area contributed by atoms with E-state index < -0.39 is 12.1 Å². The van der Waals surface area contributed by atoms with E-state index in [2.05, 4.69) is 9.97 Å². The van der Waals surface area contributed by atoms with Crippen LogP contribution in [0.25, 0.3) is 10.2 Å². The predicted octanol–water partition coefficient (Wildman–Crippen LogP) is 4.52. The van der Waals surface area contributed by atoms with Crippen molar-refractivity contribution >= 4 is 45.1 Å². The Morgan fingerprint density at radius 3 is 2.56 bits per heavy atom. The number of hydrogen-bond acceptors (Lipinski definition) is 7. The van der Waals surface area contributed by atoms with Crippen molar-refractivity contribution in [1.82, 2.24) is 9.97 Å². The third kappa shape index (κ3) is 4.36. The molecule has 27 heavy (non-hydrogen) atoms. The highest BCUT2D eigenvalue weighted by Gasteiger charge is 2.20. The largest absolute Gasteiger partial charge is 0.454 e. The molecule has 2 heterocycles. The maximum atomic E-state index is 12.4. The Hall–Kier alpha value is -2.25. The smallest absolute Gasteiger partial charge is 0.317 e. The quantitative estimate of drug-likeness (QED) is 0.262. The summed E-state index contributed by atoms with van der Waals surface area (Å²) in [5.74, 6) is -0.558. The number of aryl methyl sites for hydroxylation is 3. The minimum atomic E-state index is -0.823. The minimum absolute atomic E-state index is 0.0893. The average Bonchev–Trinajstić information content (AvgIpc) is 2.94. The molecule has 0 saturated carbocycles. The molecule has 140 valence electrons. The number of thioether (sulfide) groups is 1. The van der Waals surface area contributed by atoms with Gasteiger partial charge in [0.05, 0.1) is 5.75 Å². The van der Waals surface area contributed by atoms with Crippen molar-refractivity contribution < 1.29 is 14.3 Å². The number of esters is 1. The van der Waals surface area contributed by atoms with Gasteiger partial charge in [0.15, 0.2) is 6.10 Å². The number of ketones is 1. The molecule has 0 radical (unpaired) electrons. The average molecular weight is 401 g/mol. The van der Waals surface area contributed by atoms with Crippen molar-refractivity contribution in [3.63, 3.8) is 0 Å². The number of fused-ring (bicyclic) bond motifs is 1. The summed E-state index contributed by atoms with van der Waals surface area (Å²) in [7, 11) is 0. The third-order valence-electron chi connectivity index (χ3n) is 4.27. The second kappa shape index (κ2) is 8.19. The lowest BCUT2D eigenvalue weighted by molar-refractivity contribution is -0.143. The van der Waals surface area contributed by atoms with Crippen LogP contribution in [0.3, 0.4) is 0 Å². The molecule has 2 aromatic heterocycles. The van der Waals surface area contributed by atoms with Crippen molar-refractivity contribution in [3.8, 4) is 0 Å². The van der Waals surface area contributed by atoms with Gasteiger partial charge in [0.25, 0.3) is 0 Å². The van der Waals surface area contributed by atoms with E-state index in [0.717, 1.165) is 26.4 Å². The fourth-order valence-corrected chi connectivity index (χ4v) is 4.52. The normalized spacial score (nSPS) is 12.1. The summed E-state index contributed by atoms with van der Waals surface area (Å²) in [6, 6.07) is 7.22. The molecular formula is C20H20N2O3S2. The molecule has 1 aromatic carbocycles. The minimum Gasteiger partial charge on any atom is -0.454 e. The Balaban J connectivity index is 1.63. The van der Waals surface area contributed by atoms with Crippen LogP contribution in [0.15, 0.2) is 35.6 Å². The summed E-state index contributed by atoms with van der Waals surface area (Å²) in [6.45, 7) is 7.63. The maximum Gasteiger partial charge on any atom is 0.317 e. The first-order valence-electron chi connectivity index (χ1n) is 8.50. The van der Waals surface area contributed by atoms with E-state index in [9.17, 15) is 9.59 Å². The molecule has 0 aliphatic heterocycles. The number of rotatable bonds is 6. The molecule has 0 bridgehead atoms. The van der Waals surface area contributed by atoms with Gasteiger partial charge in [-0.2, -0.15) is 0 Å². The first kappa shape index (κ1) is 19.5. The monoisotopic (exact) mass is 400 g/mol. The van der Waals surface area contributed by atoms with Crippen LogP contribution in [0.1, 0.15) is 33.3 Å². The van der Waals surface area contributed by atoms with E-state index in [4.69, 9.17) is 4.74 Å². The van der Waals surface area contributed by atoms with Crippen LogP contribution < -0.4 is 0 Å². The fourth-order valence-electron chi connectivity index (χ4n) is 2.62. The maximum absolute atomic E-state index is 12.4. The van der Waals surface area contributed by atoms with E-state index >= 15 is 0 Å². The fraction of sp³-hybridized carbons (Fsp3) is 0.300. The lowest BCUT2D eigenvalue weighted by atomic mass is 10.1. The molecule has 7 heteroatoms.